The molecule has 25 heavy (non-hydrogen) atoms. The van der Waals surface area contributed by atoms with Gasteiger partial charge in [0.2, 0.25) is 5.91 Å². The highest BCUT2D eigenvalue weighted by Crippen LogP contribution is 2.30. The van der Waals surface area contributed by atoms with E-state index < -0.39 is 17.2 Å². The van der Waals surface area contributed by atoms with Gasteiger partial charge in [-0.05, 0) is 73.8 Å². The maximum Gasteiger partial charge on any atom is 0.411 e. The molecular weight excluding hydrogens is 318 g/mol. The maximum absolute atomic E-state index is 12.9. The topological polar surface area (TPSA) is 61.9 Å². The third-order valence-corrected chi connectivity index (χ3v) is 5.37. The Morgan fingerprint density at radius 3 is 2.52 bits per heavy atom. The Morgan fingerprint density at radius 1 is 1.32 bits per heavy atom. The van der Waals surface area contributed by atoms with Crippen molar-refractivity contribution in [2.24, 2.45) is 0 Å². The van der Waals surface area contributed by atoms with Crippen LogP contribution in [-0.4, -0.2) is 65.2 Å². The second-order valence-corrected chi connectivity index (χ2v) is 8.82. The number of amides is 2. The van der Waals surface area contributed by atoms with Crippen LogP contribution in [0.3, 0.4) is 0 Å². The summed E-state index contributed by atoms with van der Waals surface area (Å²) < 4.78 is 5.53. The first-order valence-corrected chi connectivity index (χ1v) is 9.55. The fraction of sp³-hybridized carbons (Fsp3) is 0.895. The van der Waals surface area contributed by atoms with E-state index in [1.54, 1.807) is 4.90 Å². The van der Waals surface area contributed by atoms with Crippen LogP contribution in [0.5, 0.6) is 0 Å². The molecule has 1 N–H and O–H groups in total. The van der Waals surface area contributed by atoms with E-state index in [4.69, 9.17) is 4.74 Å². The van der Waals surface area contributed by atoms with Crippen molar-refractivity contribution >= 4 is 12.0 Å². The van der Waals surface area contributed by atoms with Crippen molar-refractivity contribution in [3.63, 3.8) is 0 Å². The summed E-state index contributed by atoms with van der Waals surface area (Å²) in [5.74, 6) is -0.0749. The zero-order valence-electron chi connectivity index (χ0n) is 16.7. The molecule has 0 radical (unpaired) electrons. The normalized spacial score (nSPS) is 25.6. The molecule has 6 nitrogen and oxygen atoms in total. The summed E-state index contributed by atoms with van der Waals surface area (Å²) in [6.45, 7) is 10.7. The van der Waals surface area contributed by atoms with Gasteiger partial charge in [-0.15, -0.1) is 0 Å². The first-order valence-electron chi connectivity index (χ1n) is 9.55. The highest BCUT2D eigenvalue weighted by atomic mass is 16.6. The number of rotatable bonds is 5. The van der Waals surface area contributed by atoms with Gasteiger partial charge in [-0.1, -0.05) is 0 Å². The van der Waals surface area contributed by atoms with Gasteiger partial charge >= 0.3 is 6.09 Å². The van der Waals surface area contributed by atoms with E-state index in [1.807, 2.05) is 27.7 Å². The molecule has 2 aliphatic rings. The molecular formula is C19H35N3O3. The number of carbonyl (C=O) groups is 2. The molecule has 0 aromatic carbocycles. The number of piperidine rings is 1. The highest BCUT2D eigenvalue weighted by Gasteiger charge is 2.45. The monoisotopic (exact) mass is 353 g/mol. The van der Waals surface area contributed by atoms with E-state index >= 15 is 0 Å². The Morgan fingerprint density at radius 2 is 1.96 bits per heavy atom. The lowest BCUT2D eigenvalue weighted by Gasteiger charge is -2.43. The molecule has 6 heteroatoms. The van der Waals surface area contributed by atoms with Gasteiger partial charge in [0.25, 0.3) is 0 Å². The Bertz CT molecular complexity index is 499. The van der Waals surface area contributed by atoms with Crippen LogP contribution >= 0.6 is 0 Å². The first-order chi connectivity index (χ1) is 11.5. The van der Waals surface area contributed by atoms with E-state index in [0.717, 1.165) is 12.8 Å². The Hall–Kier alpha value is -1.30. The molecule has 144 valence electrons. The largest absolute Gasteiger partial charge is 0.444 e. The van der Waals surface area contributed by atoms with Crippen LogP contribution in [0.1, 0.15) is 66.7 Å². The number of carbonyl (C=O) groups excluding carboxylic acids is 2. The average Bonchev–Trinajstić information content (AvgIpc) is 3.34. The lowest BCUT2D eigenvalue weighted by molar-refractivity contribution is -0.134. The fourth-order valence-electron chi connectivity index (χ4n) is 3.38. The van der Waals surface area contributed by atoms with Gasteiger partial charge in [0.1, 0.15) is 11.1 Å². The summed E-state index contributed by atoms with van der Waals surface area (Å²) in [5, 5.41) is 3.07. The Labute approximate surface area is 152 Å². The number of likely N-dealkylation sites (N-methyl/N-ethyl adjacent to an activating group) is 1. The predicted octanol–water partition coefficient (Wildman–Crippen LogP) is 2.76. The average molecular weight is 354 g/mol. The van der Waals surface area contributed by atoms with Crippen LogP contribution in [0.15, 0.2) is 0 Å². The van der Waals surface area contributed by atoms with Gasteiger partial charge in [0.15, 0.2) is 0 Å². The van der Waals surface area contributed by atoms with E-state index in [1.165, 1.54) is 12.8 Å². The van der Waals surface area contributed by atoms with Crippen molar-refractivity contribution in [3.05, 3.63) is 0 Å². The number of hydrogen-bond donors (Lipinski definition) is 1. The minimum Gasteiger partial charge on any atom is -0.444 e. The molecule has 0 aromatic heterocycles. The smallest absolute Gasteiger partial charge is 0.411 e. The molecule has 2 amide bonds. The van der Waals surface area contributed by atoms with Gasteiger partial charge < -0.3 is 10.1 Å². The maximum atomic E-state index is 12.9. The predicted molar refractivity (Wildman–Crippen MR) is 98.5 cm³/mol. The number of ether oxygens (including phenoxy) is 1. The zero-order chi connectivity index (χ0) is 18.8. The molecule has 0 bridgehead atoms. The third kappa shape index (κ3) is 5.09. The van der Waals surface area contributed by atoms with Crippen LogP contribution in [0.25, 0.3) is 0 Å². The molecule has 1 aliphatic heterocycles. The number of nitrogens with one attached hydrogen (secondary N) is 1. The molecule has 2 fully saturated rings. The Kier molecular flexibility index (Phi) is 6.02. The van der Waals surface area contributed by atoms with Crippen LogP contribution in [0.4, 0.5) is 4.79 Å². The van der Waals surface area contributed by atoms with E-state index in [2.05, 4.69) is 24.2 Å². The molecule has 0 aromatic rings. The fourth-order valence-corrected chi connectivity index (χ4v) is 3.38. The minimum absolute atomic E-state index is 0.0749. The standard InChI is InChI=1S/C19H35N3O3/c1-14(21(6)15-9-10-15)13-20-16(23)19(5)11-7-8-12-22(19)17(24)25-18(2,3)4/h14-15H,7-13H2,1-6H3,(H,20,23)/t14-,19+/m0/s1. The summed E-state index contributed by atoms with van der Waals surface area (Å²) in [6, 6.07) is 0.953. The summed E-state index contributed by atoms with van der Waals surface area (Å²) in [4.78, 5) is 29.5. The lowest BCUT2D eigenvalue weighted by Crippen LogP contribution is -2.62. The van der Waals surface area contributed by atoms with Crippen LogP contribution in [-0.2, 0) is 9.53 Å². The van der Waals surface area contributed by atoms with Crippen LogP contribution in [0.2, 0.25) is 0 Å². The summed E-state index contributed by atoms with van der Waals surface area (Å²) in [7, 11) is 2.11. The molecule has 1 heterocycles. The molecule has 2 atom stereocenters. The molecule has 1 saturated heterocycles. The second kappa shape index (κ2) is 7.52. The van der Waals surface area contributed by atoms with E-state index in [-0.39, 0.29) is 5.91 Å². The van der Waals surface area contributed by atoms with Gasteiger partial charge in [0, 0.05) is 25.2 Å². The van der Waals surface area contributed by atoms with E-state index in [9.17, 15) is 9.59 Å². The second-order valence-electron chi connectivity index (χ2n) is 8.82. The highest BCUT2D eigenvalue weighted by molar-refractivity contribution is 5.89. The molecule has 1 aliphatic carbocycles. The van der Waals surface area contributed by atoms with Crippen molar-refractivity contribution in [2.75, 3.05) is 20.1 Å². The Balaban J connectivity index is 1.99. The van der Waals surface area contributed by atoms with Gasteiger partial charge in [-0.2, -0.15) is 0 Å². The quantitative estimate of drug-likeness (QED) is 0.825. The van der Waals surface area contributed by atoms with Crippen molar-refractivity contribution in [3.8, 4) is 0 Å². The summed E-state index contributed by atoms with van der Waals surface area (Å²) in [6.07, 6.45) is 4.62. The van der Waals surface area contributed by atoms with E-state index in [0.29, 0.717) is 31.6 Å². The lowest BCUT2D eigenvalue weighted by atomic mass is 9.87. The van der Waals surface area contributed by atoms with Gasteiger partial charge in [-0.25, -0.2) is 4.79 Å². The molecule has 2 rings (SSSR count). The number of nitrogens with zero attached hydrogens (tertiary/aromatic N) is 2. The molecule has 0 spiro atoms. The zero-order valence-corrected chi connectivity index (χ0v) is 16.7. The first kappa shape index (κ1) is 20.0. The minimum atomic E-state index is -0.835. The number of hydrogen-bond acceptors (Lipinski definition) is 4. The van der Waals surface area contributed by atoms with Crippen LogP contribution < -0.4 is 5.32 Å². The van der Waals surface area contributed by atoms with Crippen molar-refractivity contribution in [1.29, 1.82) is 0 Å². The van der Waals surface area contributed by atoms with Crippen LogP contribution in [0, 0.1) is 0 Å². The van der Waals surface area contributed by atoms with Crippen molar-refractivity contribution in [2.45, 2.75) is 89.9 Å². The molecule has 0 unspecified atom stereocenters. The molecule has 1 saturated carbocycles. The SMILES string of the molecule is C[C@@H](CNC(=O)[C@@]1(C)CCCCN1C(=O)OC(C)(C)C)N(C)C1CC1. The van der Waals surface area contributed by atoms with Gasteiger partial charge in [0.05, 0.1) is 0 Å². The van der Waals surface area contributed by atoms with Crippen molar-refractivity contribution < 1.29 is 14.3 Å². The number of likely N-dealkylation sites (tertiary alicyclic amines) is 1. The third-order valence-electron chi connectivity index (χ3n) is 5.37. The van der Waals surface area contributed by atoms with Gasteiger partial charge in [-0.3, -0.25) is 14.6 Å². The van der Waals surface area contributed by atoms with Crippen molar-refractivity contribution in [1.82, 2.24) is 15.1 Å². The summed E-state index contributed by atoms with van der Waals surface area (Å²) >= 11 is 0. The summed E-state index contributed by atoms with van der Waals surface area (Å²) in [5.41, 5.74) is -1.40.